The molecule has 0 bridgehead atoms. The number of hydrogen-bond acceptors (Lipinski definition) is 5. The molecular formula is C32H30ClNO4. The molecule has 0 spiro atoms. The molecule has 0 fully saturated rings. The molecule has 5 rings (SSSR count). The molecule has 0 amide bonds. The van der Waals surface area contributed by atoms with E-state index in [2.05, 4.69) is 5.32 Å². The Labute approximate surface area is 228 Å². The van der Waals surface area contributed by atoms with Gasteiger partial charge < -0.3 is 14.8 Å². The molecule has 1 heterocycles. The predicted molar refractivity (Wildman–Crippen MR) is 148 cm³/mol. The molecule has 0 saturated carbocycles. The fraction of sp³-hybridized carbons (Fsp3) is 0.250. The number of benzene rings is 3. The summed E-state index contributed by atoms with van der Waals surface area (Å²) in [7, 11) is 0. The maximum Gasteiger partial charge on any atom is 0.336 e. The number of aryl methyl sites for hydroxylation is 1. The van der Waals surface area contributed by atoms with E-state index in [4.69, 9.17) is 21.1 Å². The highest BCUT2D eigenvalue weighted by Crippen LogP contribution is 2.45. The van der Waals surface area contributed by atoms with Gasteiger partial charge in [0, 0.05) is 34.3 Å². The third-order valence-corrected chi connectivity index (χ3v) is 7.38. The number of carbonyl (C=O) groups excluding carboxylic acids is 2. The van der Waals surface area contributed by atoms with Gasteiger partial charge in [0.25, 0.3) is 0 Å². The van der Waals surface area contributed by atoms with Crippen LogP contribution in [0.15, 0.2) is 101 Å². The Balaban J connectivity index is 1.41. The van der Waals surface area contributed by atoms with E-state index in [1.807, 2.05) is 92.7 Å². The van der Waals surface area contributed by atoms with E-state index in [1.54, 1.807) is 0 Å². The molecule has 5 nitrogen and oxygen atoms in total. The van der Waals surface area contributed by atoms with Gasteiger partial charge in [-0.1, -0.05) is 71.8 Å². The molecule has 194 valence electrons. The summed E-state index contributed by atoms with van der Waals surface area (Å²) in [5, 5.41) is 4.07. The van der Waals surface area contributed by atoms with E-state index in [1.165, 1.54) is 0 Å². The number of hydrogen-bond donors (Lipinski definition) is 1. The van der Waals surface area contributed by atoms with Crippen LogP contribution in [-0.2, 0) is 14.3 Å². The molecule has 0 aromatic heterocycles. The first-order valence-electron chi connectivity index (χ1n) is 12.8. The number of esters is 1. The monoisotopic (exact) mass is 527 g/mol. The lowest BCUT2D eigenvalue weighted by atomic mass is 9.71. The van der Waals surface area contributed by atoms with Crippen LogP contribution >= 0.6 is 11.6 Å². The molecular weight excluding hydrogens is 498 g/mol. The van der Waals surface area contributed by atoms with Crippen LogP contribution in [-0.4, -0.2) is 25.0 Å². The van der Waals surface area contributed by atoms with Gasteiger partial charge in [-0.15, -0.1) is 0 Å². The second kappa shape index (κ2) is 11.3. The van der Waals surface area contributed by atoms with Gasteiger partial charge in [-0.2, -0.15) is 0 Å². The van der Waals surface area contributed by atoms with Crippen LogP contribution < -0.4 is 10.1 Å². The van der Waals surface area contributed by atoms with Crippen molar-refractivity contribution in [2.75, 3.05) is 13.2 Å². The molecule has 2 atom stereocenters. The Bertz CT molecular complexity index is 1390. The fourth-order valence-corrected chi connectivity index (χ4v) is 5.39. The van der Waals surface area contributed by atoms with Crippen molar-refractivity contribution in [1.29, 1.82) is 0 Å². The van der Waals surface area contributed by atoms with Crippen molar-refractivity contribution >= 4 is 23.4 Å². The summed E-state index contributed by atoms with van der Waals surface area (Å²) in [5.41, 5.74) is 5.77. The average molecular weight is 528 g/mol. The Kier molecular flexibility index (Phi) is 7.66. The molecule has 3 aromatic rings. The highest BCUT2D eigenvalue weighted by Gasteiger charge is 2.41. The van der Waals surface area contributed by atoms with E-state index in [0.717, 1.165) is 22.4 Å². The summed E-state index contributed by atoms with van der Waals surface area (Å²) in [5.74, 6) is -0.145. The van der Waals surface area contributed by atoms with Gasteiger partial charge in [0.05, 0.1) is 5.57 Å². The summed E-state index contributed by atoms with van der Waals surface area (Å²) in [6, 6.07) is 25.1. The summed E-state index contributed by atoms with van der Waals surface area (Å²) < 4.78 is 11.3. The summed E-state index contributed by atoms with van der Waals surface area (Å²) in [6.07, 6.45) is 1.05. The summed E-state index contributed by atoms with van der Waals surface area (Å²) >= 11 is 6.08. The van der Waals surface area contributed by atoms with Gasteiger partial charge >= 0.3 is 5.97 Å². The minimum Gasteiger partial charge on any atom is -0.490 e. The number of Topliss-reactive ketones (excluding diaryl/α,β-unsaturated/α-hetero) is 1. The van der Waals surface area contributed by atoms with Crippen molar-refractivity contribution in [3.8, 4) is 5.75 Å². The number of halogens is 1. The van der Waals surface area contributed by atoms with Crippen molar-refractivity contribution < 1.29 is 19.1 Å². The summed E-state index contributed by atoms with van der Waals surface area (Å²) in [4.78, 5) is 27.2. The first-order chi connectivity index (χ1) is 18.4. The molecule has 2 aliphatic rings. The second-order valence-electron chi connectivity index (χ2n) is 9.78. The lowest BCUT2D eigenvalue weighted by Crippen LogP contribution is -2.36. The van der Waals surface area contributed by atoms with E-state index < -0.39 is 11.9 Å². The standard InChI is InChI=1S/C32H30ClNO4/c1-20-8-10-23(11-9-20)30-29(32(36)38-17-16-37-26-6-4-3-5-7-26)21(2)34-27-18-24(19-28(35)31(27)30)22-12-14-25(33)15-13-22/h3-15,24,30,34H,16-19H2,1-2H3/t24-,30+/m0/s1. The van der Waals surface area contributed by atoms with Crippen molar-refractivity contribution in [3.63, 3.8) is 0 Å². The maximum atomic E-state index is 13.7. The largest absolute Gasteiger partial charge is 0.490 e. The molecule has 6 heteroatoms. The van der Waals surface area contributed by atoms with Gasteiger partial charge in [0.15, 0.2) is 5.78 Å². The van der Waals surface area contributed by atoms with Crippen LogP contribution in [0, 0.1) is 6.92 Å². The Morgan fingerprint density at radius 2 is 1.58 bits per heavy atom. The zero-order valence-corrected chi connectivity index (χ0v) is 22.3. The number of ether oxygens (including phenoxy) is 2. The first kappa shape index (κ1) is 25.8. The summed E-state index contributed by atoms with van der Waals surface area (Å²) in [6.45, 7) is 4.23. The average Bonchev–Trinajstić information content (AvgIpc) is 2.91. The minimum absolute atomic E-state index is 0.0366. The molecule has 1 aliphatic carbocycles. The quantitative estimate of drug-likeness (QED) is 0.276. The van der Waals surface area contributed by atoms with Gasteiger partial charge in [-0.05, 0) is 61.6 Å². The molecule has 0 radical (unpaired) electrons. The number of para-hydroxylation sites is 1. The fourth-order valence-electron chi connectivity index (χ4n) is 5.26. The molecule has 0 saturated heterocycles. The highest BCUT2D eigenvalue weighted by atomic mass is 35.5. The van der Waals surface area contributed by atoms with E-state index in [-0.39, 0.29) is 24.9 Å². The lowest BCUT2D eigenvalue weighted by molar-refractivity contribution is -0.140. The number of carbonyl (C=O) groups is 2. The zero-order valence-electron chi connectivity index (χ0n) is 21.5. The first-order valence-corrected chi connectivity index (χ1v) is 13.2. The van der Waals surface area contributed by atoms with Crippen molar-refractivity contribution in [2.24, 2.45) is 0 Å². The van der Waals surface area contributed by atoms with E-state index >= 15 is 0 Å². The number of allylic oxidation sites excluding steroid dienone is 3. The number of dihydropyridines is 1. The molecule has 3 aromatic carbocycles. The van der Waals surface area contributed by atoms with Crippen LogP contribution in [0.1, 0.15) is 48.3 Å². The maximum absolute atomic E-state index is 13.7. The van der Waals surface area contributed by atoms with Crippen LogP contribution in [0.4, 0.5) is 0 Å². The van der Waals surface area contributed by atoms with Crippen molar-refractivity contribution in [3.05, 3.63) is 123 Å². The van der Waals surface area contributed by atoms with E-state index in [0.29, 0.717) is 40.5 Å². The van der Waals surface area contributed by atoms with E-state index in [9.17, 15) is 9.59 Å². The minimum atomic E-state index is -0.493. The lowest BCUT2D eigenvalue weighted by Gasteiger charge is -2.36. The molecule has 38 heavy (non-hydrogen) atoms. The molecule has 1 aliphatic heterocycles. The smallest absolute Gasteiger partial charge is 0.336 e. The van der Waals surface area contributed by atoms with Gasteiger partial charge in [0.1, 0.15) is 19.0 Å². The second-order valence-corrected chi connectivity index (χ2v) is 10.2. The number of rotatable bonds is 7. The normalized spacial score (nSPS) is 19.1. The third kappa shape index (κ3) is 5.53. The number of nitrogens with one attached hydrogen (secondary N) is 1. The van der Waals surface area contributed by atoms with Gasteiger partial charge in [-0.3, -0.25) is 4.79 Å². The third-order valence-electron chi connectivity index (χ3n) is 7.13. The predicted octanol–water partition coefficient (Wildman–Crippen LogP) is 6.63. The SMILES string of the molecule is CC1=C(C(=O)OCCOc2ccccc2)[C@@H](c2ccc(C)cc2)C2=C(C[C@H](c3ccc(Cl)cc3)CC2=O)N1. The van der Waals surface area contributed by atoms with Gasteiger partial charge in [-0.25, -0.2) is 4.79 Å². The molecule has 1 N–H and O–H groups in total. The van der Waals surface area contributed by atoms with Crippen LogP contribution in [0.2, 0.25) is 5.02 Å². The highest BCUT2D eigenvalue weighted by molar-refractivity contribution is 6.30. The Hall–Kier alpha value is -3.83. The van der Waals surface area contributed by atoms with Crippen molar-refractivity contribution in [2.45, 2.75) is 38.5 Å². The van der Waals surface area contributed by atoms with Gasteiger partial charge in [0.2, 0.25) is 0 Å². The number of ketones is 1. The van der Waals surface area contributed by atoms with Crippen LogP contribution in [0.5, 0.6) is 5.75 Å². The Morgan fingerprint density at radius 1 is 0.895 bits per heavy atom. The topological polar surface area (TPSA) is 64.6 Å². The van der Waals surface area contributed by atoms with Crippen molar-refractivity contribution in [1.82, 2.24) is 5.32 Å². The van der Waals surface area contributed by atoms with Crippen LogP contribution in [0.3, 0.4) is 0 Å². The Morgan fingerprint density at radius 3 is 2.29 bits per heavy atom. The molecule has 0 unspecified atom stereocenters. The van der Waals surface area contributed by atoms with Crippen LogP contribution in [0.25, 0.3) is 0 Å². The zero-order chi connectivity index (χ0) is 26.6.